The number of benzene rings is 2. The van der Waals surface area contributed by atoms with E-state index in [0.717, 1.165) is 43.1 Å². The minimum atomic E-state index is -0.192. The fourth-order valence-corrected chi connectivity index (χ4v) is 4.68. The fraction of sp³-hybridized carbons (Fsp3) is 0.200. The van der Waals surface area contributed by atoms with E-state index in [-0.39, 0.29) is 5.56 Å². The molecule has 3 N–H and O–H groups in total. The Labute approximate surface area is 201 Å². The molecule has 1 saturated heterocycles. The summed E-state index contributed by atoms with van der Waals surface area (Å²) in [5.41, 5.74) is 4.77. The molecule has 0 radical (unpaired) electrons. The topological polar surface area (TPSA) is 73.0 Å². The van der Waals surface area contributed by atoms with Gasteiger partial charge >= 0.3 is 0 Å². The number of hydrogen-bond acceptors (Lipinski definition) is 5. The normalized spacial score (nSPS) is 13.9. The lowest BCUT2D eigenvalue weighted by Gasteiger charge is -2.29. The summed E-state index contributed by atoms with van der Waals surface area (Å²) in [7, 11) is 0. The van der Waals surface area contributed by atoms with Crippen molar-refractivity contribution in [3.8, 4) is 0 Å². The van der Waals surface area contributed by atoms with E-state index in [4.69, 9.17) is 28.2 Å². The van der Waals surface area contributed by atoms with Crippen LogP contribution in [0.25, 0.3) is 10.9 Å². The molecule has 0 spiro atoms. The summed E-state index contributed by atoms with van der Waals surface area (Å²) >= 11 is 12.8. The second-order valence-electron chi connectivity index (χ2n) is 8.01. The van der Waals surface area contributed by atoms with E-state index in [2.05, 4.69) is 32.7 Å². The molecule has 1 aliphatic heterocycles. The first kappa shape index (κ1) is 21.8. The van der Waals surface area contributed by atoms with Crippen LogP contribution >= 0.6 is 23.2 Å². The average Bonchev–Trinajstić information content (AvgIpc) is 2.82. The highest BCUT2D eigenvalue weighted by atomic mass is 35.5. The summed E-state index contributed by atoms with van der Waals surface area (Å²) in [6.45, 7) is 3.96. The SMILES string of the molecule is O=c1[nH]ccc2nc(Cc3c(Cl)cccc3Cl)cc(Nc3ccc(N4CCNCC4)cc3)c12. The molecule has 0 aliphatic carbocycles. The molecule has 1 aliphatic rings. The van der Waals surface area contributed by atoms with E-state index in [1.165, 1.54) is 5.69 Å². The van der Waals surface area contributed by atoms with Crippen LogP contribution in [0, 0.1) is 0 Å². The third-order valence-corrected chi connectivity index (χ3v) is 6.54. The smallest absolute Gasteiger partial charge is 0.259 e. The lowest BCUT2D eigenvalue weighted by atomic mass is 10.1. The number of hydrogen-bond donors (Lipinski definition) is 3. The highest BCUT2D eigenvalue weighted by molar-refractivity contribution is 6.36. The molecular weight excluding hydrogens is 457 g/mol. The largest absolute Gasteiger partial charge is 0.369 e. The number of rotatable bonds is 5. The minimum absolute atomic E-state index is 0.192. The Morgan fingerprint density at radius 2 is 1.73 bits per heavy atom. The van der Waals surface area contributed by atoms with Crippen LogP contribution in [0.5, 0.6) is 0 Å². The summed E-state index contributed by atoms with van der Waals surface area (Å²) in [4.78, 5) is 22.4. The van der Waals surface area contributed by atoms with Crippen LogP contribution < -0.4 is 21.1 Å². The fourth-order valence-electron chi connectivity index (χ4n) is 4.15. The number of nitrogens with one attached hydrogen (secondary N) is 3. The average molecular weight is 480 g/mol. The van der Waals surface area contributed by atoms with Crippen molar-refractivity contribution in [2.24, 2.45) is 0 Å². The van der Waals surface area contributed by atoms with Crippen molar-refractivity contribution in [1.82, 2.24) is 15.3 Å². The second-order valence-corrected chi connectivity index (χ2v) is 8.83. The zero-order valence-electron chi connectivity index (χ0n) is 17.9. The van der Waals surface area contributed by atoms with Crippen LogP contribution in [-0.4, -0.2) is 36.1 Å². The Balaban J connectivity index is 1.49. The molecule has 0 amide bonds. The molecule has 6 nitrogen and oxygen atoms in total. The predicted molar refractivity (Wildman–Crippen MR) is 136 cm³/mol. The second kappa shape index (κ2) is 9.43. The number of aromatic nitrogens is 2. The molecule has 2 aromatic heterocycles. The Morgan fingerprint density at radius 1 is 1.00 bits per heavy atom. The molecule has 0 atom stereocenters. The molecular formula is C25H23Cl2N5O. The van der Waals surface area contributed by atoms with E-state index in [9.17, 15) is 4.79 Å². The van der Waals surface area contributed by atoms with Gasteiger partial charge in [0.15, 0.2) is 0 Å². The lowest BCUT2D eigenvalue weighted by Crippen LogP contribution is -2.43. The van der Waals surface area contributed by atoms with Gasteiger partial charge in [-0.3, -0.25) is 9.78 Å². The van der Waals surface area contributed by atoms with E-state index in [1.54, 1.807) is 12.3 Å². The van der Waals surface area contributed by atoms with Crippen molar-refractivity contribution in [3.63, 3.8) is 0 Å². The number of nitrogens with zero attached hydrogens (tertiary/aromatic N) is 2. The van der Waals surface area contributed by atoms with Crippen LogP contribution in [0.1, 0.15) is 11.3 Å². The Morgan fingerprint density at radius 3 is 2.45 bits per heavy atom. The molecule has 0 bridgehead atoms. The number of fused-ring (bicyclic) bond motifs is 1. The number of halogens is 2. The van der Waals surface area contributed by atoms with Gasteiger partial charge < -0.3 is 20.5 Å². The lowest BCUT2D eigenvalue weighted by molar-refractivity contribution is 0.589. The molecule has 8 heteroatoms. The van der Waals surface area contributed by atoms with Crippen molar-refractivity contribution < 1.29 is 0 Å². The molecule has 33 heavy (non-hydrogen) atoms. The van der Waals surface area contributed by atoms with Crippen LogP contribution in [0.4, 0.5) is 17.1 Å². The minimum Gasteiger partial charge on any atom is -0.369 e. The van der Waals surface area contributed by atoms with Gasteiger partial charge in [-0.05, 0) is 54.1 Å². The Hall–Kier alpha value is -3.06. The van der Waals surface area contributed by atoms with E-state index >= 15 is 0 Å². The zero-order chi connectivity index (χ0) is 22.8. The van der Waals surface area contributed by atoms with Crippen LogP contribution in [0.2, 0.25) is 10.0 Å². The maximum Gasteiger partial charge on any atom is 0.259 e. The third kappa shape index (κ3) is 4.69. The standard InChI is InChI=1S/C25H23Cl2N5O/c26-20-2-1-3-21(27)19(20)14-17-15-23(24-22(31-17)8-9-29-25(24)33)30-16-4-6-18(7-5-16)32-12-10-28-11-13-32/h1-9,15,28H,10-14H2,(H,29,33)(H,30,31). The van der Waals surface area contributed by atoms with Crippen molar-refractivity contribution in [1.29, 1.82) is 0 Å². The van der Waals surface area contributed by atoms with E-state index < -0.39 is 0 Å². The summed E-state index contributed by atoms with van der Waals surface area (Å²) in [5, 5.41) is 8.48. The first-order valence-corrected chi connectivity index (χ1v) is 11.6. The highest BCUT2D eigenvalue weighted by Gasteiger charge is 2.14. The summed E-state index contributed by atoms with van der Waals surface area (Å²) < 4.78 is 0. The van der Waals surface area contributed by atoms with Gasteiger partial charge in [0.05, 0.1) is 16.6 Å². The monoisotopic (exact) mass is 479 g/mol. The quantitative estimate of drug-likeness (QED) is 0.376. The van der Waals surface area contributed by atoms with Crippen molar-refractivity contribution in [2.75, 3.05) is 36.4 Å². The maximum absolute atomic E-state index is 12.6. The van der Waals surface area contributed by atoms with Crippen molar-refractivity contribution in [2.45, 2.75) is 6.42 Å². The molecule has 4 aromatic rings. The first-order valence-electron chi connectivity index (χ1n) is 10.9. The van der Waals surface area contributed by atoms with Gasteiger partial charge in [0, 0.05) is 65.9 Å². The maximum atomic E-state index is 12.6. The Bertz CT molecular complexity index is 1330. The summed E-state index contributed by atoms with van der Waals surface area (Å²) in [6.07, 6.45) is 2.06. The van der Waals surface area contributed by atoms with Gasteiger partial charge in [-0.25, -0.2) is 0 Å². The number of piperazine rings is 1. The molecule has 5 rings (SSSR count). The van der Waals surface area contributed by atoms with Gasteiger partial charge in [-0.2, -0.15) is 0 Å². The Kier molecular flexibility index (Phi) is 6.22. The molecule has 1 fully saturated rings. The number of anilines is 3. The van der Waals surface area contributed by atoms with Crippen LogP contribution in [-0.2, 0) is 6.42 Å². The molecule has 0 unspecified atom stereocenters. The van der Waals surface area contributed by atoms with Gasteiger partial charge in [0.1, 0.15) is 0 Å². The van der Waals surface area contributed by atoms with Crippen molar-refractivity contribution >= 4 is 51.2 Å². The predicted octanol–water partition coefficient (Wildman–Crippen LogP) is 4.97. The third-order valence-electron chi connectivity index (χ3n) is 5.83. The summed E-state index contributed by atoms with van der Waals surface area (Å²) in [5.74, 6) is 0. The first-order chi connectivity index (χ1) is 16.1. The van der Waals surface area contributed by atoms with Gasteiger partial charge in [0.2, 0.25) is 0 Å². The van der Waals surface area contributed by atoms with Crippen molar-refractivity contribution in [3.05, 3.63) is 92.5 Å². The van der Waals surface area contributed by atoms with Gasteiger partial charge in [0.25, 0.3) is 5.56 Å². The summed E-state index contributed by atoms with van der Waals surface area (Å²) in [6, 6.07) is 17.4. The molecule has 2 aromatic carbocycles. The molecule has 168 valence electrons. The van der Waals surface area contributed by atoms with Crippen LogP contribution in [0.3, 0.4) is 0 Å². The number of pyridine rings is 2. The highest BCUT2D eigenvalue weighted by Crippen LogP contribution is 2.30. The number of aromatic amines is 1. The number of H-pyrrole nitrogens is 1. The van der Waals surface area contributed by atoms with E-state index in [0.29, 0.717) is 33.1 Å². The molecule has 0 saturated carbocycles. The van der Waals surface area contributed by atoms with Gasteiger partial charge in [-0.15, -0.1) is 0 Å². The zero-order valence-corrected chi connectivity index (χ0v) is 19.4. The van der Waals surface area contributed by atoms with Crippen LogP contribution in [0.15, 0.2) is 65.6 Å². The molecule has 3 heterocycles. The van der Waals surface area contributed by atoms with E-state index in [1.807, 2.05) is 36.4 Å². The van der Waals surface area contributed by atoms with Gasteiger partial charge in [-0.1, -0.05) is 29.3 Å².